The summed E-state index contributed by atoms with van der Waals surface area (Å²) in [5.74, 6) is 0. The molecule has 2 nitrogen and oxygen atoms in total. The first kappa shape index (κ1) is 18.8. The number of aryl methyl sites for hydroxylation is 4. The highest BCUT2D eigenvalue weighted by Gasteiger charge is 2.18. The largest absolute Gasteiger partial charge is 0.564 e. The molecule has 3 heteroatoms. The van der Waals surface area contributed by atoms with Gasteiger partial charge in [0.25, 0.3) is 0 Å². The lowest BCUT2D eigenvalue weighted by atomic mass is 10.1. The van der Waals surface area contributed by atoms with E-state index in [1.807, 2.05) is 0 Å². The summed E-state index contributed by atoms with van der Waals surface area (Å²) in [4.78, 5) is 0. The Bertz CT molecular complexity index is 1410. The van der Waals surface area contributed by atoms with E-state index in [4.69, 9.17) is 0 Å². The summed E-state index contributed by atoms with van der Waals surface area (Å²) >= 11 is -0.196. The van der Waals surface area contributed by atoms with Crippen LogP contribution in [0.4, 0.5) is 0 Å². The van der Waals surface area contributed by atoms with Crippen molar-refractivity contribution in [2.75, 3.05) is 0 Å². The van der Waals surface area contributed by atoms with Crippen molar-refractivity contribution >= 4 is 59.3 Å². The molecule has 0 unspecified atom stereocenters. The lowest BCUT2D eigenvalue weighted by Gasteiger charge is -2.11. The number of hydrogen-bond acceptors (Lipinski definition) is 0. The summed E-state index contributed by atoms with van der Waals surface area (Å²) < 4.78 is 5.12. The maximum Gasteiger partial charge on any atom is 0.564 e. The molecule has 2 heterocycles. The number of nitrogens with zero attached hydrogens (tertiary/aromatic N) is 2. The molecule has 149 valence electrons. The molecular weight excluding hydrogens is 391 g/mol. The van der Waals surface area contributed by atoms with Crippen molar-refractivity contribution in [1.29, 1.82) is 0 Å². The third-order valence-electron chi connectivity index (χ3n) is 6.46. The zero-order valence-corrected chi connectivity index (χ0v) is 19.6. The quantitative estimate of drug-likeness (QED) is 0.268. The molecule has 31 heavy (non-hydrogen) atoms. The number of benzene rings is 4. The van der Waals surface area contributed by atoms with Crippen LogP contribution in [0.15, 0.2) is 72.8 Å². The molecule has 0 N–H and O–H groups in total. The molecule has 0 saturated heterocycles. The van der Waals surface area contributed by atoms with Gasteiger partial charge in [-0.05, 0) is 76.2 Å². The zero-order valence-electron chi connectivity index (χ0n) is 18.4. The molecule has 6 rings (SSSR count). The van der Waals surface area contributed by atoms with E-state index in [2.05, 4.69) is 108 Å². The number of hydrogen-bond donors (Lipinski definition) is 0. The van der Waals surface area contributed by atoms with E-state index in [1.54, 1.807) is 0 Å². The van der Waals surface area contributed by atoms with Crippen molar-refractivity contribution in [3.63, 3.8) is 0 Å². The lowest BCUT2D eigenvalue weighted by molar-refractivity contribution is 1.23. The van der Waals surface area contributed by atoms with Crippen molar-refractivity contribution in [3.05, 3.63) is 95.1 Å². The molecule has 0 aliphatic heterocycles. The Balaban J connectivity index is 1.69. The minimum Gasteiger partial charge on any atom is -0.420 e. The predicted molar refractivity (Wildman–Crippen MR) is 134 cm³/mol. The van der Waals surface area contributed by atoms with Gasteiger partial charge in [-0.1, -0.05) is 46.5 Å². The number of fused-ring (bicyclic) bond motifs is 6. The highest BCUT2D eigenvalue weighted by molar-refractivity contribution is 6.42. The molecule has 6 aromatic rings. The van der Waals surface area contributed by atoms with E-state index in [9.17, 15) is 0 Å². The molecule has 0 fully saturated rings. The summed E-state index contributed by atoms with van der Waals surface area (Å²) in [6.07, 6.45) is 0. The van der Waals surface area contributed by atoms with E-state index in [0.717, 1.165) is 0 Å². The molecule has 0 saturated carbocycles. The zero-order chi connectivity index (χ0) is 21.3. The molecule has 0 spiro atoms. The standard InChI is InChI=1S/2C14H12N.Al/c2*1-9-3-5-13-11(7-9)12-8-10(2)4-6-14(12)15-13;/h2*3-8H,1-2H3;/q2*-1;+2. The van der Waals surface area contributed by atoms with Gasteiger partial charge >= 0.3 is 15.7 Å². The fraction of sp³-hybridized carbons (Fsp3) is 0.143. The Morgan fingerprint density at radius 3 is 0.935 bits per heavy atom. The molecular formula is C28H24AlN2. The first-order valence-corrected chi connectivity index (χ1v) is 11.9. The average molecular weight is 415 g/mol. The molecule has 0 bridgehead atoms. The van der Waals surface area contributed by atoms with Crippen LogP contribution in [0.25, 0.3) is 43.6 Å². The molecule has 0 amide bonds. The normalized spacial score (nSPS) is 11.9. The van der Waals surface area contributed by atoms with Crippen LogP contribution in [0, 0.1) is 27.7 Å². The predicted octanol–water partition coefficient (Wildman–Crippen LogP) is 7.07. The molecule has 4 aromatic carbocycles. The molecule has 0 atom stereocenters. The lowest BCUT2D eigenvalue weighted by Crippen LogP contribution is -2.16. The fourth-order valence-corrected chi connectivity index (χ4v) is 6.56. The summed E-state index contributed by atoms with van der Waals surface area (Å²) in [6, 6.07) is 27.5. The summed E-state index contributed by atoms with van der Waals surface area (Å²) in [5, 5.41) is 5.44. The third kappa shape index (κ3) is 2.85. The highest BCUT2D eigenvalue weighted by atomic mass is 27.1. The first-order chi connectivity index (χ1) is 15.0. The highest BCUT2D eigenvalue weighted by Crippen LogP contribution is 2.33. The fourth-order valence-electron chi connectivity index (χ4n) is 4.93. The Kier molecular flexibility index (Phi) is 4.09. The second kappa shape index (κ2) is 6.76. The van der Waals surface area contributed by atoms with Crippen LogP contribution in [0.3, 0.4) is 0 Å². The van der Waals surface area contributed by atoms with E-state index in [0.29, 0.717) is 0 Å². The maximum atomic E-state index is 2.56. The van der Waals surface area contributed by atoms with Gasteiger partial charge in [0.1, 0.15) is 0 Å². The van der Waals surface area contributed by atoms with Crippen LogP contribution >= 0.6 is 0 Å². The molecule has 2 aromatic heterocycles. The molecule has 1 radical (unpaired) electrons. The van der Waals surface area contributed by atoms with Gasteiger partial charge in [-0.15, -0.1) is 0 Å². The van der Waals surface area contributed by atoms with Gasteiger partial charge in [-0.25, -0.2) is 0 Å². The van der Waals surface area contributed by atoms with E-state index in [-0.39, 0.29) is 15.7 Å². The van der Waals surface area contributed by atoms with Gasteiger partial charge in [0.2, 0.25) is 0 Å². The van der Waals surface area contributed by atoms with E-state index in [1.165, 1.54) is 65.9 Å². The van der Waals surface area contributed by atoms with Crippen LogP contribution in [0.5, 0.6) is 0 Å². The Morgan fingerprint density at radius 1 is 0.419 bits per heavy atom. The number of rotatable bonds is 2. The SMILES string of the molecule is Cc1ccc2c(c1)c1cc(C)ccc1[n]2[Al][n]1c2ccc(C)cc2c2cc(C)ccc21. The third-order valence-corrected chi connectivity index (χ3v) is 8.03. The van der Waals surface area contributed by atoms with Crippen LogP contribution in [0.2, 0.25) is 0 Å². The summed E-state index contributed by atoms with van der Waals surface area (Å²) in [7, 11) is 0. The van der Waals surface area contributed by atoms with Gasteiger partial charge in [0, 0.05) is 43.6 Å². The van der Waals surface area contributed by atoms with Crippen LogP contribution < -0.4 is 0 Å². The Labute approximate surface area is 188 Å². The summed E-state index contributed by atoms with van der Waals surface area (Å²) in [5.41, 5.74) is 10.6. The second-order valence-electron chi connectivity index (χ2n) is 8.94. The van der Waals surface area contributed by atoms with Crippen molar-refractivity contribution in [2.45, 2.75) is 27.7 Å². The minimum absolute atomic E-state index is 0.196. The van der Waals surface area contributed by atoms with Gasteiger partial charge in [0.05, 0.1) is 0 Å². The Hall–Kier alpha value is -2.99. The van der Waals surface area contributed by atoms with Crippen molar-refractivity contribution in [3.8, 4) is 0 Å². The first-order valence-electron chi connectivity index (χ1n) is 10.9. The monoisotopic (exact) mass is 415 g/mol. The van der Waals surface area contributed by atoms with Crippen LogP contribution in [-0.4, -0.2) is 22.8 Å². The second-order valence-corrected chi connectivity index (χ2v) is 10.2. The van der Waals surface area contributed by atoms with Gasteiger partial charge in [0.15, 0.2) is 0 Å². The maximum absolute atomic E-state index is 2.56. The van der Waals surface area contributed by atoms with Crippen molar-refractivity contribution in [2.24, 2.45) is 0 Å². The van der Waals surface area contributed by atoms with Crippen LogP contribution in [-0.2, 0) is 0 Å². The van der Waals surface area contributed by atoms with E-state index < -0.39 is 0 Å². The summed E-state index contributed by atoms with van der Waals surface area (Å²) in [6.45, 7) is 8.73. The van der Waals surface area contributed by atoms with Gasteiger partial charge in [-0.2, -0.15) is 0 Å². The van der Waals surface area contributed by atoms with Crippen LogP contribution in [0.1, 0.15) is 22.3 Å². The number of aromatic nitrogens is 2. The smallest absolute Gasteiger partial charge is 0.420 e. The van der Waals surface area contributed by atoms with Crippen molar-refractivity contribution < 1.29 is 0 Å². The van der Waals surface area contributed by atoms with Gasteiger partial charge < -0.3 is 7.10 Å². The molecule has 0 aliphatic rings. The topological polar surface area (TPSA) is 9.86 Å². The average Bonchev–Trinajstić information content (AvgIpc) is 3.20. The Morgan fingerprint density at radius 2 is 0.677 bits per heavy atom. The minimum atomic E-state index is -0.196. The van der Waals surface area contributed by atoms with E-state index >= 15 is 0 Å². The van der Waals surface area contributed by atoms with Gasteiger partial charge in [-0.3, -0.25) is 0 Å². The van der Waals surface area contributed by atoms with Crippen molar-refractivity contribution in [1.82, 2.24) is 7.10 Å². The molecule has 0 aliphatic carbocycles.